The summed E-state index contributed by atoms with van der Waals surface area (Å²) < 4.78 is 5.21. The summed E-state index contributed by atoms with van der Waals surface area (Å²) in [4.78, 5) is 10.9. The molecule has 0 saturated heterocycles. The van der Waals surface area contributed by atoms with E-state index < -0.39 is 5.97 Å². The maximum Gasteiger partial charge on any atom is 0.335 e. The molecule has 0 aliphatic rings. The Morgan fingerprint density at radius 3 is 2.33 bits per heavy atom. The van der Waals surface area contributed by atoms with Gasteiger partial charge in [-0.2, -0.15) is 0 Å². The monoisotopic (exact) mass is 354 g/mol. The maximum absolute atomic E-state index is 10.9. The minimum atomic E-state index is -0.940. The number of carboxylic acid groups (broad SMARTS) is 1. The highest BCUT2D eigenvalue weighted by molar-refractivity contribution is 5.87. The molecule has 0 amide bonds. The maximum atomic E-state index is 10.9. The Morgan fingerprint density at radius 2 is 1.67 bits per heavy atom. The van der Waals surface area contributed by atoms with Crippen LogP contribution in [-0.2, 0) is 0 Å². The SMILES string of the molecule is COc1ccc(-c2ccccc2C=CC#Cc2ccc(C(=O)O)cc2)cc1. The van der Waals surface area contributed by atoms with Gasteiger partial charge in [0.15, 0.2) is 0 Å². The standard InChI is InChI=1S/C24H18O3/c1-27-22-16-14-20(15-17-22)23-9-5-4-8-19(23)7-3-2-6-18-10-12-21(13-11-18)24(25)26/h3-5,7-17H,1H3,(H,25,26). The van der Waals surface area contributed by atoms with Gasteiger partial charge in [-0.3, -0.25) is 0 Å². The molecule has 0 aromatic heterocycles. The van der Waals surface area contributed by atoms with Gasteiger partial charge in [-0.25, -0.2) is 4.79 Å². The lowest BCUT2D eigenvalue weighted by atomic mass is 9.99. The zero-order valence-electron chi connectivity index (χ0n) is 14.8. The van der Waals surface area contributed by atoms with Crippen molar-refractivity contribution in [3.05, 3.63) is 95.6 Å². The predicted molar refractivity (Wildman–Crippen MR) is 108 cm³/mol. The smallest absolute Gasteiger partial charge is 0.335 e. The molecule has 3 aromatic rings. The highest BCUT2D eigenvalue weighted by Gasteiger charge is 2.02. The first kappa shape index (κ1) is 18.0. The summed E-state index contributed by atoms with van der Waals surface area (Å²) >= 11 is 0. The number of hydrogen-bond acceptors (Lipinski definition) is 2. The minimum absolute atomic E-state index is 0.254. The van der Waals surface area contributed by atoms with Gasteiger partial charge in [0, 0.05) is 5.56 Å². The van der Waals surface area contributed by atoms with Crippen LogP contribution in [-0.4, -0.2) is 18.2 Å². The Labute approximate surface area is 158 Å². The predicted octanol–water partition coefficient (Wildman–Crippen LogP) is 5.13. The quantitative estimate of drug-likeness (QED) is 0.661. The van der Waals surface area contributed by atoms with E-state index in [4.69, 9.17) is 9.84 Å². The first-order valence-corrected chi connectivity index (χ1v) is 8.42. The van der Waals surface area contributed by atoms with Crippen molar-refractivity contribution in [2.24, 2.45) is 0 Å². The van der Waals surface area contributed by atoms with Crippen LogP contribution in [0.5, 0.6) is 5.75 Å². The van der Waals surface area contributed by atoms with E-state index in [1.54, 1.807) is 37.5 Å². The summed E-state index contributed by atoms with van der Waals surface area (Å²) in [7, 11) is 1.65. The first-order valence-electron chi connectivity index (χ1n) is 8.42. The van der Waals surface area contributed by atoms with Gasteiger partial charge in [0.25, 0.3) is 0 Å². The van der Waals surface area contributed by atoms with Crippen LogP contribution >= 0.6 is 0 Å². The van der Waals surface area contributed by atoms with Gasteiger partial charge in [-0.15, -0.1) is 0 Å². The molecule has 0 atom stereocenters. The Kier molecular flexibility index (Phi) is 5.71. The number of rotatable bonds is 4. The molecule has 0 spiro atoms. The van der Waals surface area contributed by atoms with Crippen molar-refractivity contribution in [2.45, 2.75) is 0 Å². The molecule has 0 unspecified atom stereocenters. The number of carbonyl (C=O) groups is 1. The fourth-order valence-corrected chi connectivity index (χ4v) is 2.63. The van der Waals surface area contributed by atoms with Crippen molar-refractivity contribution in [3.8, 4) is 28.7 Å². The van der Waals surface area contributed by atoms with E-state index in [-0.39, 0.29) is 5.56 Å². The van der Waals surface area contributed by atoms with Crippen molar-refractivity contribution < 1.29 is 14.6 Å². The van der Waals surface area contributed by atoms with Gasteiger partial charge in [-0.05, 0) is 65.2 Å². The van der Waals surface area contributed by atoms with Crippen LogP contribution in [0.15, 0.2) is 78.9 Å². The second kappa shape index (κ2) is 8.55. The second-order valence-electron chi connectivity index (χ2n) is 5.80. The van der Waals surface area contributed by atoms with E-state index in [0.29, 0.717) is 0 Å². The summed E-state index contributed by atoms with van der Waals surface area (Å²) in [6, 6.07) is 22.6. The Morgan fingerprint density at radius 1 is 0.963 bits per heavy atom. The van der Waals surface area contributed by atoms with Gasteiger partial charge < -0.3 is 9.84 Å². The molecule has 27 heavy (non-hydrogen) atoms. The number of carboxylic acids is 1. The number of benzene rings is 3. The molecule has 132 valence electrons. The zero-order chi connectivity index (χ0) is 19.1. The molecule has 0 aliphatic carbocycles. The van der Waals surface area contributed by atoms with E-state index in [1.807, 2.05) is 48.5 Å². The van der Waals surface area contributed by atoms with Crippen LogP contribution in [0.2, 0.25) is 0 Å². The molecule has 3 heteroatoms. The summed E-state index contributed by atoms with van der Waals surface area (Å²) in [6.45, 7) is 0. The number of ether oxygens (including phenoxy) is 1. The molecule has 0 bridgehead atoms. The lowest BCUT2D eigenvalue weighted by molar-refractivity contribution is 0.0697. The fourth-order valence-electron chi connectivity index (χ4n) is 2.63. The van der Waals surface area contributed by atoms with E-state index in [0.717, 1.165) is 28.0 Å². The van der Waals surface area contributed by atoms with Crippen LogP contribution in [0.3, 0.4) is 0 Å². The molecule has 3 aromatic carbocycles. The number of methoxy groups -OCH3 is 1. The van der Waals surface area contributed by atoms with Gasteiger partial charge in [0.1, 0.15) is 5.75 Å². The van der Waals surface area contributed by atoms with Gasteiger partial charge in [0.05, 0.1) is 12.7 Å². The van der Waals surface area contributed by atoms with Crippen molar-refractivity contribution in [3.63, 3.8) is 0 Å². The Bertz CT molecular complexity index is 1020. The average molecular weight is 354 g/mol. The highest BCUT2D eigenvalue weighted by Crippen LogP contribution is 2.26. The number of allylic oxidation sites excluding steroid dienone is 1. The van der Waals surface area contributed by atoms with Crippen LogP contribution < -0.4 is 4.74 Å². The van der Waals surface area contributed by atoms with Crippen molar-refractivity contribution >= 4 is 12.0 Å². The van der Waals surface area contributed by atoms with E-state index in [1.165, 1.54) is 0 Å². The molecule has 3 rings (SSSR count). The average Bonchev–Trinajstić information content (AvgIpc) is 2.72. The molecule has 0 radical (unpaired) electrons. The van der Waals surface area contributed by atoms with Crippen LogP contribution in [0.25, 0.3) is 17.2 Å². The largest absolute Gasteiger partial charge is 0.497 e. The number of hydrogen-bond donors (Lipinski definition) is 1. The fraction of sp³-hybridized carbons (Fsp3) is 0.0417. The third kappa shape index (κ3) is 4.65. The van der Waals surface area contributed by atoms with Crippen molar-refractivity contribution in [2.75, 3.05) is 7.11 Å². The van der Waals surface area contributed by atoms with E-state index >= 15 is 0 Å². The normalized spacial score (nSPS) is 10.3. The summed E-state index contributed by atoms with van der Waals surface area (Å²) in [5.74, 6) is 5.89. The summed E-state index contributed by atoms with van der Waals surface area (Å²) in [6.07, 6.45) is 3.77. The first-order chi connectivity index (χ1) is 13.2. The lowest BCUT2D eigenvalue weighted by Gasteiger charge is -2.07. The third-order valence-electron chi connectivity index (χ3n) is 4.06. The topological polar surface area (TPSA) is 46.5 Å². The molecule has 0 fully saturated rings. The molecule has 0 aliphatic heterocycles. The molecule has 0 heterocycles. The van der Waals surface area contributed by atoms with Crippen LogP contribution in [0.1, 0.15) is 21.5 Å². The highest BCUT2D eigenvalue weighted by atomic mass is 16.5. The van der Waals surface area contributed by atoms with Crippen molar-refractivity contribution in [1.29, 1.82) is 0 Å². The van der Waals surface area contributed by atoms with Gasteiger partial charge >= 0.3 is 5.97 Å². The van der Waals surface area contributed by atoms with E-state index in [2.05, 4.69) is 17.9 Å². The molecule has 1 N–H and O–H groups in total. The number of aromatic carboxylic acids is 1. The van der Waals surface area contributed by atoms with Crippen LogP contribution in [0, 0.1) is 11.8 Å². The third-order valence-corrected chi connectivity index (χ3v) is 4.06. The van der Waals surface area contributed by atoms with Gasteiger partial charge in [-0.1, -0.05) is 48.2 Å². The van der Waals surface area contributed by atoms with Crippen molar-refractivity contribution in [1.82, 2.24) is 0 Å². The Hall–Kier alpha value is -3.77. The minimum Gasteiger partial charge on any atom is -0.497 e. The van der Waals surface area contributed by atoms with E-state index in [9.17, 15) is 4.79 Å². The summed E-state index contributed by atoms with van der Waals surface area (Å²) in [5, 5.41) is 8.91. The lowest BCUT2D eigenvalue weighted by Crippen LogP contribution is -1.94. The van der Waals surface area contributed by atoms with Crippen LogP contribution in [0.4, 0.5) is 0 Å². The van der Waals surface area contributed by atoms with Gasteiger partial charge in [0.2, 0.25) is 0 Å². The zero-order valence-corrected chi connectivity index (χ0v) is 14.8. The molecular weight excluding hydrogens is 336 g/mol. The molecular formula is C24H18O3. The Balaban J connectivity index is 1.79. The molecule has 3 nitrogen and oxygen atoms in total. The second-order valence-corrected chi connectivity index (χ2v) is 5.80. The summed E-state index contributed by atoms with van der Waals surface area (Å²) in [5.41, 5.74) is 4.31. The molecule has 0 saturated carbocycles.